The van der Waals surface area contributed by atoms with Crippen LogP contribution in [0.2, 0.25) is 0 Å². The first-order valence-electron chi connectivity index (χ1n) is 7.36. The van der Waals surface area contributed by atoms with Crippen molar-refractivity contribution in [2.45, 2.75) is 45.2 Å². The maximum absolute atomic E-state index is 12.4. The molecular formula is C15H19F3N4O3. The van der Waals surface area contributed by atoms with E-state index in [2.05, 4.69) is 20.1 Å². The lowest BCUT2D eigenvalue weighted by Gasteiger charge is -2.24. The molecule has 0 aliphatic carbocycles. The van der Waals surface area contributed by atoms with E-state index in [0.29, 0.717) is 5.56 Å². The molecule has 1 aromatic rings. The average Bonchev–Trinajstić information content (AvgIpc) is 2.43. The molecule has 0 fully saturated rings. The lowest BCUT2D eigenvalue weighted by atomic mass is 10.0. The van der Waals surface area contributed by atoms with Crippen LogP contribution in [0.5, 0.6) is 5.75 Å². The molecule has 0 saturated heterocycles. The van der Waals surface area contributed by atoms with Gasteiger partial charge in [-0.3, -0.25) is 0 Å². The first-order valence-corrected chi connectivity index (χ1v) is 7.36. The number of alkyl halides is 3. The van der Waals surface area contributed by atoms with Crippen LogP contribution in [-0.2, 0) is 4.74 Å². The number of hydrogen-bond acceptors (Lipinski definition) is 4. The largest absolute Gasteiger partial charge is 0.573 e. The van der Waals surface area contributed by atoms with Crippen LogP contribution in [0.1, 0.15) is 38.8 Å². The molecule has 0 spiro atoms. The van der Waals surface area contributed by atoms with Crippen molar-refractivity contribution in [3.63, 3.8) is 0 Å². The fourth-order valence-electron chi connectivity index (χ4n) is 1.93. The Morgan fingerprint density at radius 1 is 1.36 bits per heavy atom. The van der Waals surface area contributed by atoms with E-state index in [-0.39, 0.29) is 13.0 Å². The zero-order valence-corrected chi connectivity index (χ0v) is 14.0. The highest BCUT2D eigenvalue weighted by Crippen LogP contribution is 2.27. The molecule has 0 aliphatic rings. The Morgan fingerprint density at radius 2 is 2.04 bits per heavy atom. The Bertz CT molecular complexity index is 638. The van der Waals surface area contributed by atoms with Gasteiger partial charge in [-0.05, 0) is 50.4 Å². The van der Waals surface area contributed by atoms with E-state index < -0.39 is 29.8 Å². The minimum Gasteiger partial charge on any atom is -0.444 e. The minimum absolute atomic E-state index is 0.0430. The summed E-state index contributed by atoms with van der Waals surface area (Å²) in [6, 6.07) is 4.49. The van der Waals surface area contributed by atoms with Gasteiger partial charge in [0, 0.05) is 11.5 Å². The van der Waals surface area contributed by atoms with Crippen molar-refractivity contribution in [3.8, 4) is 5.75 Å². The summed E-state index contributed by atoms with van der Waals surface area (Å²) in [5, 5.41) is 5.94. The molecule has 0 saturated carbocycles. The number of halogens is 3. The van der Waals surface area contributed by atoms with E-state index in [0.717, 1.165) is 12.1 Å². The van der Waals surface area contributed by atoms with Crippen LogP contribution in [0.15, 0.2) is 29.4 Å². The molecule has 1 N–H and O–H groups in total. The maximum Gasteiger partial charge on any atom is 0.573 e. The predicted octanol–water partition coefficient (Wildman–Crippen LogP) is 4.85. The topological polar surface area (TPSA) is 96.3 Å². The third-order valence-corrected chi connectivity index (χ3v) is 2.77. The standard InChI is InChI=1S/C15H19F3N4O3/c1-14(2,3)25-13(23)21-12(7-8-20-22-19)10-5-4-6-11(9-10)24-15(16,17)18/h4-6,9,12H,7-8H2,1-3H3,(H,21,23). The highest BCUT2D eigenvalue weighted by molar-refractivity contribution is 5.68. The van der Waals surface area contributed by atoms with Crippen LogP contribution in [0.4, 0.5) is 18.0 Å². The fraction of sp³-hybridized carbons (Fsp3) is 0.533. The summed E-state index contributed by atoms with van der Waals surface area (Å²) in [6.07, 6.45) is -5.38. The zero-order chi connectivity index (χ0) is 19.1. The number of alkyl carbamates (subject to hydrolysis) is 1. The molecule has 0 radical (unpaired) electrons. The molecule has 0 aliphatic heterocycles. The number of benzene rings is 1. The van der Waals surface area contributed by atoms with Crippen molar-refractivity contribution >= 4 is 6.09 Å². The number of nitrogens with one attached hydrogen (secondary N) is 1. The molecule has 1 amide bonds. The Morgan fingerprint density at radius 3 is 2.60 bits per heavy atom. The second-order valence-corrected chi connectivity index (χ2v) is 6.06. The van der Waals surface area contributed by atoms with Crippen molar-refractivity contribution in [2.24, 2.45) is 5.11 Å². The highest BCUT2D eigenvalue weighted by atomic mass is 19.4. The van der Waals surface area contributed by atoms with E-state index in [9.17, 15) is 18.0 Å². The number of rotatable bonds is 6. The van der Waals surface area contributed by atoms with E-state index in [1.807, 2.05) is 0 Å². The Labute approximate surface area is 142 Å². The third kappa shape index (κ3) is 8.71. The van der Waals surface area contributed by atoms with Gasteiger partial charge in [-0.2, -0.15) is 0 Å². The molecule has 1 atom stereocenters. The first-order chi connectivity index (χ1) is 11.5. The molecule has 0 bridgehead atoms. The zero-order valence-electron chi connectivity index (χ0n) is 14.0. The summed E-state index contributed by atoms with van der Waals surface area (Å²) in [4.78, 5) is 14.6. The summed E-state index contributed by atoms with van der Waals surface area (Å²) in [7, 11) is 0. The lowest BCUT2D eigenvalue weighted by Crippen LogP contribution is -2.35. The van der Waals surface area contributed by atoms with Crippen LogP contribution in [0.25, 0.3) is 10.4 Å². The number of carbonyl (C=O) groups excluding carboxylic acids is 1. The predicted molar refractivity (Wildman–Crippen MR) is 83.9 cm³/mol. The normalized spacial score (nSPS) is 12.7. The van der Waals surface area contributed by atoms with Crippen LogP contribution >= 0.6 is 0 Å². The Balaban J connectivity index is 2.96. The van der Waals surface area contributed by atoms with E-state index in [1.54, 1.807) is 20.8 Å². The summed E-state index contributed by atoms with van der Waals surface area (Å²) in [5.74, 6) is -0.412. The van der Waals surface area contributed by atoms with Gasteiger partial charge in [0.25, 0.3) is 0 Å². The van der Waals surface area contributed by atoms with Crippen LogP contribution in [-0.4, -0.2) is 24.6 Å². The molecule has 1 rings (SSSR count). The average molecular weight is 360 g/mol. The third-order valence-electron chi connectivity index (χ3n) is 2.77. The summed E-state index contributed by atoms with van der Waals surface area (Å²) < 4.78 is 46.1. The molecule has 0 aromatic heterocycles. The van der Waals surface area contributed by atoms with Crippen molar-refractivity contribution in [1.82, 2.24) is 5.32 Å². The number of carbonyl (C=O) groups is 1. The molecule has 25 heavy (non-hydrogen) atoms. The molecule has 7 nitrogen and oxygen atoms in total. The number of ether oxygens (including phenoxy) is 2. The number of nitrogens with zero attached hydrogens (tertiary/aromatic N) is 3. The molecule has 1 aromatic carbocycles. The van der Waals surface area contributed by atoms with Crippen molar-refractivity contribution in [2.75, 3.05) is 6.54 Å². The highest BCUT2D eigenvalue weighted by Gasteiger charge is 2.31. The number of amides is 1. The Hall–Kier alpha value is -2.61. The van der Waals surface area contributed by atoms with E-state index in [1.165, 1.54) is 12.1 Å². The van der Waals surface area contributed by atoms with Crippen LogP contribution < -0.4 is 10.1 Å². The first kappa shape index (κ1) is 20.4. The molecular weight excluding hydrogens is 341 g/mol. The second-order valence-electron chi connectivity index (χ2n) is 6.06. The monoisotopic (exact) mass is 360 g/mol. The summed E-state index contributed by atoms with van der Waals surface area (Å²) in [5.41, 5.74) is 7.98. The molecule has 138 valence electrons. The maximum atomic E-state index is 12.4. The van der Waals surface area contributed by atoms with E-state index in [4.69, 9.17) is 10.3 Å². The second kappa shape index (κ2) is 8.48. The lowest BCUT2D eigenvalue weighted by molar-refractivity contribution is -0.274. The summed E-state index contributed by atoms with van der Waals surface area (Å²) in [6.45, 7) is 5.08. The fourth-order valence-corrected chi connectivity index (χ4v) is 1.93. The molecule has 0 heterocycles. The molecule has 1 unspecified atom stereocenters. The van der Waals surface area contributed by atoms with Gasteiger partial charge < -0.3 is 14.8 Å². The van der Waals surface area contributed by atoms with Gasteiger partial charge in [0.2, 0.25) is 0 Å². The number of azide groups is 1. The number of hydrogen-bond donors (Lipinski definition) is 1. The van der Waals surface area contributed by atoms with Crippen LogP contribution in [0, 0.1) is 0 Å². The van der Waals surface area contributed by atoms with Gasteiger partial charge in [0.1, 0.15) is 11.4 Å². The quantitative estimate of drug-likeness (QED) is 0.446. The van der Waals surface area contributed by atoms with Crippen molar-refractivity contribution < 1.29 is 27.4 Å². The van der Waals surface area contributed by atoms with Gasteiger partial charge in [-0.1, -0.05) is 17.2 Å². The SMILES string of the molecule is CC(C)(C)OC(=O)NC(CCN=[N+]=[N-])c1cccc(OC(F)(F)F)c1. The van der Waals surface area contributed by atoms with Gasteiger partial charge in [-0.15, -0.1) is 13.2 Å². The van der Waals surface area contributed by atoms with Crippen molar-refractivity contribution in [1.29, 1.82) is 0 Å². The van der Waals surface area contributed by atoms with E-state index >= 15 is 0 Å². The van der Waals surface area contributed by atoms with Gasteiger partial charge in [0.15, 0.2) is 0 Å². The van der Waals surface area contributed by atoms with Crippen molar-refractivity contribution in [3.05, 3.63) is 40.3 Å². The smallest absolute Gasteiger partial charge is 0.444 e. The summed E-state index contributed by atoms with van der Waals surface area (Å²) >= 11 is 0. The molecule has 10 heteroatoms. The van der Waals surface area contributed by atoms with Gasteiger partial charge >= 0.3 is 12.5 Å². The minimum atomic E-state index is -4.82. The van der Waals surface area contributed by atoms with Gasteiger partial charge in [-0.25, -0.2) is 4.79 Å². The van der Waals surface area contributed by atoms with Crippen LogP contribution in [0.3, 0.4) is 0 Å². The Kier molecular flexibility index (Phi) is 6.93. The van der Waals surface area contributed by atoms with Gasteiger partial charge in [0.05, 0.1) is 6.04 Å².